The quantitative estimate of drug-likeness (QED) is 0.662. The number of carbonyl (C=O) groups is 1. The van der Waals surface area contributed by atoms with E-state index < -0.39 is 36.1 Å². The molecule has 1 aliphatic carbocycles. The predicted octanol–water partition coefficient (Wildman–Crippen LogP) is 3.58. The minimum Gasteiger partial charge on any atom is -0.511 e. The lowest BCUT2D eigenvalue weighted by Gasteiger charge is -2.46. The van der Waals surface area contributed by atoms with Gasteiger partial charge in [-0.25, -0.2) is 0 Å². The van der Waals surface area contributed by atoms with E-state index in [-0.39, 0.29) is 22.5 Å². The van der Waals surface area contributed by atoms with Crippen LogP contribution in [0, 0.1) is 5.41 Å². The molecule has 32 heavy (non-hydrogen) atoms. The molecule has 0 amide bonds. The highest BCUT2D eigenvalue weighted by molar-refractivity contribution is 7.99. The molecule has 174 valence electrons. The summed E-state index contributed by atoms with van der Waals surface area (Å²) in [6.07, 6.45) is 0.0636. The summed E-state index contributed by atoms with van der Waals surface area (Å²) in [7, 11) is 0. The van der Waals surface area contributed by atoms with Crippen molar-refractivity contribution < 1.29 is 29.2 Å². The predicted molar refractivity (Wildman–Crippen MR) is 123 cm³/mol. The molecule has 0 saturated carbocycles. The van der Waals surface area contributed by atoms with Crippen LogP contribution in [0.15, 0.2) is 46.7 Å². The molecule has 2 heterocycles. The highest BCUT2D eigenvalue weighted by Crippen LogP contribution is 2.39. The van der Waals surface area contributed by atoms with E-state index in [0.29, 0.717) is 25.2 Å². The fourth-order valence-corrected chi connectivity index (χ4v) is 5.43. The van der Waals surface area contributed by atoms with Crippen molar-refractivity contribution in [1.29, 1.82) is 0 Å². The minimum absolute atomic E-state index is 0.0590. The van der Waals surface area contributed by atoms with E-state index in [2.05, 4.69) is 0 Å². The van der Waals surface area contributed by atoms with Crippen LogP contribution in [0.25, 0.3) is 0 Å². The van der Waals surface area contributed by atoms with E-state index in [1.165, 1.54) is 11.8 Å². The molecule has 0 bridgehead atoms. The summed E-state index contributed by atoms with van der Waals surface area (Å²) in [6, 6.07) is 8.91. The Hall–Kier alpha value is -1.71. The Kier molecular flexibility index (Phi) is 6.79. The average Bonchev–Trinajstić information content (AvgIpc) is 2.74. The van der Waals surface area contributed by atoms with E-state index in [4.69, 9.17) is 19.2 Å². The number of hydrogen-bond acceptors (Lipinski definition) is 8. The number of nitrogens with zero attached hydrogens (tertiary/aromatic N) is 1. The van der Waals surface area contributed by atoms with Crippen LogP contribution in [0.5, 0.6) is 0 Å². The molecule has 2 saturated heterocycles. The number of aliphatic hydroxyl groups is 2. The Bertz CT molecular complexity index is 914. The molecule has 2 N–H and O–H groups in total. The van der Waals surface area contributed by atoms with Crippen LogP contribution in [0.2, 0.25) is 0 Å². The van der Waals surface area contributed by atoms with Gasteiger partial charge in [0.1, 0.15) is 35.5 Å². The SMILES string of the molecule is CSC1OC2COC(c3ccccc3)O[C@@H]2[C@H](O)[C@H]1N=C(C)C1=C(O)CC(C)(C)CC1=O. The largest absolute Gasteiger partial charge is 0.511 e. The Morgan fingerprint density at radius 3 is 2.56 bits per heavy atom. The second-order valence-electron chi connectivity index (χ2n) is 9.41. The van der Waals surface area contributed by atoms with Gasteiger partial charge < -0.3 is 24.4 Å². The second-order valence-corrected chi connectivity index (χ2v) is 10.3. The monoisotopic (exact) mass is 461 g/mol. The zero-order chi connectivity index (χ0) is 23.0. The van der Waals surface area contributed by atoms with Crippen LogP contribution < -0.4 is 0 Å². The van der Waals surface area contributed by atoms with E-state index >= 15 is 0 Å². The summed E-state index contributed by atoms with van der Waals surface area (Å²) in [6.45, 7) is 5.92. The first-order valence-electron chi connectivity index (χ1n) is 10.9. The molecule has 6 atom stereocenters. The van der Waals surface area contributed by atoms with Crippen molar-refractivity contribution in [3.63, 3.8) is 0 Å². The molecule has 0 spiro atoms. The van der Waals surface area contributed by atoms with Crippen molar-refractivity contribution in [3.8, 4) is 0 Å². The van der Waals surface area contributed by atoms with Crippen molar-refractivity contribution in [1.82, 2.24) is 0 Å². The topological polar surface area (TPSA) is 97.6 Å². The Balaban J connectivity index is 1.58. The maximum Gasteiger partial charge on any atom is 0.184 e. The van der Waals surface area contributed by atoms with Crippen LogP contribution >= 0.6 is 11.8 Å². The zero-order valence-electron chi connectivity index (χ0n) is 18.9. The van der Waals surface area contributed by atoms with Gasteiger partial charge in [-0.2, -0.15) is 0 Å². The van der Waals surface area contributed by atoms with E-state index in [0.717, 1.165) is 5.56 Å². The summed E-state index contributed by atoms with van der Waals surface area (Å²) < 4.78 is 18.1. The maximum atomic E-state index is 12.7. The third kappa shape index (κ3) is 4.65. The highest BCUT2D eigenvalue weighted by atomic mass is 32.2. The molecule has 2 aliphatic heterocycles. The molecule has 8 heteroatoms. The zero-order valence-corrected chi connectivity index (χ0v) is 19.7. The van der Waals surface area contributed by atoms with Crippen molar-refractivity contribution in [2.75, 3.05) is 12.9 Å². The van der Waals surface area contributed by atoms with Crippen molar-refractivity contribution in [2.45, 2.75) is 69.7 Å². The molecule has 1 aromatic rings. The Morgan fingerprint density at radius 1 is 1.19 bits per heavy atom. The van der Waals surface area contributed by atoms with Crippen LogP contribution in [-0.4, -0.2) is 64.4 Å². The van der Waals surface area contributed by atoms with Crippen LogP contribution in [-0.2, 0) is 19.0 Å². The van der Waals surface area contributed by atoms with Gasteiger partial charge in [-0.3, -0.25) is 9.79 Å². The van der Waals surface area contributed by atoms with Gasteiger partial charge in [0.2, 0.25) is 0 Å². The number of hydrogen-bond donors (Lipinski definition) is 2. The molecule has 2 fully saturated rings. The van der Waals surface area contributed by atoms with E-state index in [9.17, 15) is 15.0 Å². The summed E-state index contributed by atoms with van der Waals surface area (Å²) in [5.41, 5.74) is 0.829. The number of thioether (sulfide) groups is 1. The molecule has 3 aliphatic rings. The smallest absolute Gasteiger partial charge is 0.184 e. The van der Waals surface area contributed by atoms with E-state index in [1.807, 2.05) is 50.4 Å². The van der Waals surface area contributed by atoms with Gasteiger partial charge in [0.15, 0.2) is 12.1 Å². The molecule has 3 unspecified atom stereocenters. The maximum absolute atomic E-state index is 12.7. The summed E-state index contributed by atoms with van der Waals surface area (Å²) in [5.74, 6) is -0.0694. The third-order valence-electron chi connectivity index (χ3n) is 6.19. The number of ketones is 1. The summed E-state index contributed by atoms with van der Waals surface area (Å²) >= 11 is 1.44. The van der Waals surface area contributed by atoms with Gasteiger partial charge >= 0.3 is 0 Å². The second kappa shape index (κ2) is 9.27. The lowest BCUT2D eigenvalue weighted by molar-refractivity contribution is -0.305. The van der Waals surface area contributed by atoms with Crippen LogP contribution in [0.1, 0.15) is 45.5 Å². The molecule has 4 rings (SSSR count). The first kappa shape index (κ1) is 23.4. The fraction of sp³-hybridized carbons (Fsp3) is 0.583. The number of aliphatic hydroxyl groups excluding tert-OH is 2. The lowest BCUT2D eigenvalue weighted by Crippen LogP contribution is -2.60. The van der Waals surface area contributed by atoms with Gasteiger partial charge in [-0.1, -0.05) is 44.2 Å². The van der Waals surface area contributed by atoms with Gasteiger partial charge in [-0.05, 0) is 18.6 Å². The lowest BCUT2D eigenvalue weighted by atomic mass is 9.75. The molecule has 0 aromatic heterocycles. The number of fused-ring (bicyclic) bond motifs is 1. The number of Topliss-reactive ketones (excluding diaryl/α,β-unsaturated/α-hetero) is 1. The summed E-state index contributed by atoms with van der Waals surface area (Å²) in [4.78, 5) is 17.4. The Labute approximate surface area is 192 Å². The van der Waals surface area contributed by atoms with Crippen LogP contribution in [0.4, 0.5) is 0 Å². The van der Waals surface area contributed by atoms with Crippen molar-refractivity contribution in [2.24, 2.45) is 10.4 Å². The number of aliphatic imine (C=N–C) groups is 1. The fourth-order valence-electron chi connectivity index (χ4n) is 4.68. The molecule has 1 aromatic carbocycles. The summed E-state index contributed by atoms with van der Waals surface area (Å²) in [5, 5.41) is 21.8. The van der Waals surface area contributed by atoms with Crippen molar-refractivity contribution >= 4 is 23.3 Å². The van der Waals surface area contributed by atoms with Crippen LogP contribution in [0.3, 0.4) is 0 Å². The molecular weight excluding hydrogens is 430 g/mol. The van der Waals surface area contributed by atoms with Gasteiger partial charge in [0.25, 0.3) is 0 Å². The van der Waals surface area contributed by atoms with Crippen molar-refractivity contribution in [3.05, 3.63) is 47.2 Å². The van der Waals surface area contributed by atoms with E-state index in [1.54, 1.807) is 6.92 Å². The number of carbonyl (C=O) groups excluding carboxylic acids is 1. The first-order chi connectivity index (χ1) is 15.2. The number of rotatable bonds is 4. The molecule has 7 nitrogen and oxygen atoms in total. The third-order valence-corrected chi connectivity index (χ3v) is 7.05. The molecule has 0 radical (unpaired) electrons. The van der Waals surface area contributed by atoms with Gasteiger partial charge in [-0.15, -0.1) is 11.8 Å². The standard InChI is InChI=1S/C24H31NO6S/c1-13(18-15(26)10-24(2,3)11-16(18)27)25-19-20(28)21-17(30-23(19)32-4)12-29-22(31-21)14-8-6-5-7-9-14/h5-9,17,19-23,26,28H,10-12H2,1-4H3/t17?,19-,20-,21+,22?,23?/m1/s1. The Morgan fingerprint density at radius 2 is 1.91 bits per heavy atom. The highest BCUT2D eigenvalue weighted by Gasteiger charge is 2.49. The number of ether oxygens (including phenoxy) is 3. The average molecular weight is 462 g/mol. The number of benzene rings is 1. The van der Waals surface area contributed by atoms with Gasteiger partial charge in [0, 0.05) is 24.1 Å². The minimum atomic E-state index is -0.950. The number of allylic oxidation sites excluding steroid dienone is 2. The molecular formula is C24H31NO6S. The van der Waals surface area contributed by atoms with Gasteiger partial charge in [0.05, 0.1) is 12.2 Å². The first-order valence-corrected chi connectivity index (χ1v) is 12.2. The normalized spacial score (nSPS) is 35.5.